The molecule has 3 aromatic rings. The van der Waals surface area contributed by atoms with Gasteiger partial charge >= 0.3 is 0 Å². The van der Waals surface area contributed by atoms with E-state index in [0.717, 1.165) is 32.4 Å². The van der Waals surface area contributed by atoms with Crippen molar-refractivity contribution in [1.82, 2.24) is 14.5 Å². The highest BCUT2D eigenvalue weighted by Gasteiger charge is 2.21. The van der Waals surface area contributed by atoms with Crippen molar-refractivity contribution in [2.24, 2.45) is 0 Å². The summed E-state index contributed by atoms with van der Waals surface area (Å²) >= 11 is 0. The number of carbonyl (C=O) groups is 2. The zero-order valence-corrected chi connectivity index (χ0v) is 16.0. The summed E-state index contributed by atoms with van der Waals surface area (Å²) in [6.45, 7) is 1.31. The maximum atomic E-state index is 12.9. The second-order valence-electron chi connectivity index (χ2n) is 7.12. The Hall–Kier alpha value is -3.48. The molecule has 0 bridgehead atoms. The van der Waals surface area contributed by atoms with Crippen molar-refractivity contribution in [2.75, 3.05) is 18.4 Å². The van der Waals surface area contributed by atoms with Crippen molar-refractivity contribution in [2.45, 2.75) is 25.8 Å². The fraction of sp³-hybridized carbons (Fsp3) is 0.273. The van der Waals surface area contributed by atoms with Gasteiger partial charge in [0.25, 0.3) is 11.5 Å². The van der Waals surface area contributed by atoms with Crippen LogP contribution in [0.1, 0.15) is 29.6 Å². The van der Waals surface area contributed by atoms with Crippen LogP contribution < -0.4 is 10.9 Å². The number of amides is 2. The second-order valence-corrected chi connectivity index (χ2v) is 7.12. The topological polar surface area (TPSA) is 84.3 Å². The summed E-state index contributed by atoms with van der Waals surface area (Å²) in [5, 5.41) is 2.80. The minimum atomic E-state index is -0.373. The van der Waals surface area contributed by atoms with Gasteiger partial charge < -0.3 is 10.2 Å². The first kappa shape index (κ1) is 18.9. The zero-order valence-electron chi connectivity index (χ0n) is 16.0. The molecule has 2 aromatic carbocycles. The van der Waals surface area contributed by atoms with Gasteiger partial charge in [0.2, 0.25) is 5.91 Å². The summed E-state index contributed by atoms with van der Waals surface area (Å²) in [5.41, 5.74) is 1.80. The number of piperidine rings is 1. The molecule has 2 amide bonds. The van der Waals surface area contributed by atoms with Gasteiger partial charge in [0.1, 0.15) is 6.54 Å². The Morgan fingerprint density at radius 1 is 0.966 bits per heavy atom. The smallest absolute Gasteiger partial charge is 0.269 e. The number of nitrogens with zero attached hydrogens (tertiary/aromatic N) is 3. The number of para-hydroxylation sites is 3. The lowest BCUT2D eigenvalue weighted by atomic mass is 10.1. The Morgan fingerprint density at radius 2 is 1.69 bits per heavy atom. The number of anilines is 1. The minimum Gasteiger partial charge on any atom is -0.339 e. The molecule has 1 fully saturated rings. The van der Waals surface area contributed by atoms with E-state index < -0.39 is 0 Å². The van der Waals surface area contributed by atoms with Crippen molar-refractivity contribution < 1.29 is 9.59 Å². The largest absolute Gasteiger partial charge is 0.339 e. The molecule has 2 heterocycles. The quantitative estimate of drug-likeness (QED) is 0.742. The number of nitrogens with one attached hydrogen (secondary N) is 1. The first-order valence-electron chi connectivity index (χ1n) is 9.76. The van der Waals surface area contributed by atoms with Crippen LogP contribution in [0.3, 0.4) is 0 Å². The van der Waals surface area contributed by atoms with Gasteiger partial charge in [-0.05, 0) is 43.5 Å². The Morgan fingerprint density at radius 3 is 2.52 bits per heavy atom. The fourth-order valence-corrected chi connectivity index (χ4v) is 3.66. The normalized spacial score (nSPS) is 14.0. The molecule has 0 atom stereocenters. The van der Waals surface area contributed by atoms with Crippen LogP contribution in [0.15, 0.2) is 59.5 Å². The molecule has 0 saturated carbocycles. The molecule has 0 radical (unpaired) electrons. The monoisotopic (exact) mass is 390 g/mol. The maximum absolute atomic E-state index is 12.9. The van der Waals surface area contributed by atoms with Gasteiger partial charge in [-0.2, -0.15) is 0 Å². The predicted molar refractivity (Wildman–Crippen MR) is 111 cm³/mol. The third-order valence-electron chi connectivity index (χ3n) is 5.13. The van der Waals surface area contributed by atoms with Crippen LogP contribution in [0.2, 0.25) is 0 Å². The Kier molecular flexibility index (Phi) is 5.37. The second kappa shape index (κ2) is 8.26. The van der Waals surface area contributed by atoms with Crippen LogP contribution in [0.25, 0.3) is 11.0 Å². The van der Waals surface area contributed by atoms with E-state index in [1.807, 2.05) is 11.0 Å². The van der Waals surface area contributed by atoms with Gasteiger partial charge in [0.05, 0.1) is 28.5 Å². The first-order valence-corrected chi connectivity index (χ1v) is 9.76. The van der Waals surface area contributed by atoms with Gasteiger partial charge in [-0.1, -0.05) is 24.3 Å². The molecule has 1 aromatic heterocycles. The van der Waals surface area contributed by atoms with E-state index >= 15 is 0 Å². The number of fused-ring (bicyclic) bond motifs is 1. The summed E-state index contributed by atoms with van der Waals surface area (Å²) in [6, 6.07) is 14.2. The summed E-state index contributed by atoms with van der Waals surface area (Å²) in [4.78, 5) is 43.8. The van der Waals surface area contributed by atoms with Gasteiger partial charge in [-0.3, -0.25) is 19.0 Å². The molecule has 1 aliphatic rings. The summed E-state index contributed by atoms with van der Waals surface area (Å²) in [5.74, 6) is -0.450. The standard InChI is InChI=1S/C22H22N4O3/c27-20(15-26-19-11-5-4-10-18(19)23-14-21(26)28)24-17-9-3-2-8-16(17)22(29)25-12-6-1-7-13-25/h2-5,8-11,14H,1,6-7,12-13,15H2,(H,24,27). The minimum absolute atomic E-state index is 0.0767. The first-order chi connectivity index (χ1) is 14.1. The van der Waals surface area contributed by atoms with E-state index in [4.69, 9.17) is 0 Å². The average molecular weight is 390 g/mol. The molecule has 148 valence electrons. The predicted octanol–water partition coefficient (Wildman–Crippen LogP) is 2.66. The molecular weight excluding hydrogens is 368 g/mol. The van der Waals surface area contributed by atoms with Crippen LogP contribution in [0.4, 0.5) is 5.69 Å². The van der Waals surface area contributed by atoms with Crippen LogP contribution >= 0.6 is 0 Å². The van der Waals surface area contributed by atoms with E-state index in [1.54, 1.807) is 42.5 Å². The number of likely N-dealkylation sites (tertiary alicyclic amines) is 1. The molecule has 1 saturated heterocycles. The van der Waals surface area contributed by atoms with E-state index in [2.05, 4.69) is 10.3 Å². The zero-order chi connectivity index (χ0) is 20.2. The van der Waals surface area contributed by atoms with Crippen molar-refractivity contribution >= 4 is 28.5 Å². The molecule has 1 aliphatic heterocycles. The fourth-order valence-electron chi connectivity index (χ4n) is 3.66. The molecule has 7 heteroatoms. The van der Waals surface area contributed by atoms with E-state index in [0.29, 0.717) is 22.3 Å². The van der Waals surface area contributed by atoms with Crippen molar-refractivity contribution in [3.8, 4) is 0 Å². The van der Waals surface area contributed by atoms with Gasteiger partial charge in [0.15, 0.2) is 0 Å². The van der Waals surface area contributed by atoms with Gasteiger partial charge in [-0.15, -0.1) is 0 Å². The number of aromatic nitrogens is 2. The van der Waals surface area contributed by atoms with Crippen LogP contribution in [0, 0.1) is 0 Å². The average Bonchev–Trinajstić information content (AvgIpc) is 2.76. The van der Waals surface area contributed by atoms with E-state index in [9.17, 15) is 14.4 Å². The number of carbonyl (C=O) groups excluding carboxylic acids is 2. The molecule has 0 aliphatic carbocycles. The Bertz CT molecular complexity index is 1120. The van der Waals surface area contributed by atoms with Crippen molar-refractivity contribution in [1.29, 1.82) is 0 Å². The summed E-state index contributed by atoms with van der Waals surface area (Å²) < 4.78 is 1.38. The number of benzene rings is 2. The third-order valence-corrected chi connectivity index (χ3v) is 5.13. The molecule has 4 rings (SSSR count). The maximum Gasteiger partial charge on any atom is 0.269 e. The Balaban J connectivity index is 1.56. The van der Waals surface area contributed by atoms with Crippen LogP contribution in [-0.4, -0.2) is 39.4 Å². The molecular formula is C22H22N4O3. The molecule has 0 spiro atoms. The summed E-state index contributed by atoms with van der Waals surface area (Å²) in [7, 11) is 0. The number of hydrogen-bond acceptors (Lipinski definition) is 4. The van der Waals surface area contributed by atoms with Crippen molar-refractivity contribution in [3.05, 3.63) is 70.6 Å². The lowest BCUT2D eigenvalue weighted by molar-refractivity contribution is -0.116. The number of hydrogen-bond donors (Lipinski definition) is 1. The van der Waals surface area contributed by atoms with E-state index in [-0.39, 0.29) is 23.9 Å². The third kappa shape index (κ3) is 4.03. The van der Waals surface area contributed by atoms with Crippen molar-refractivity contribution in [3.63, 3.8) is 0 Å². The van der Waals surface area contributed by atoms with Gasteiger partial charge in [-0.25, -0.2) is 4.98 Å². The van der Waals surface area contributed by atoms with Crippen LogP contribution in [0.5, 0.6) is 0 Å². The highest BCUT2D eigenvalue weighted by molar-refractivity contribution is 6.03. The van der Waals surface area contributed by atoms with Gasteiger partial charge in [0, 0.05) is 13.1 Å². The van der Waals surface area contributed by atoms with E-state index in [1.165, 1.54) is 10.8 Å². The molecule has 7 nitrogen and oxygen atoms in total. The lowest BCUT2D eigenvalue weighted by Gasteiger charge is -2.27. The Labute approximate surface area is 168 Å². The number of rotatable bonds is 4. The highest BCUT2D eigenvalue weighted by Crippen LogP contribution is 2.20. The molecule has 1 N–H and O–H groups in total. The molecule has 0 unspecified atom stereocenters. The SMILES string of the molecule is O=C(Cn1c(=O)cnc2ccccc21)Nc1ccccc1C(=O)N1CCCCC1. The van der Waals surface area contributed by atoms with Crippen LogP contribution in [-0.2, 0) is 11.3 Å². The lowest BCUT2D eigenvalue weighted by Crippen LogP contribution is -2.36. The summed E-state index contributed by atoms with van der Waals surface area (Å²) in [6.07, 6.45) is 4.34. The highest BCUT2D eigenvalue weighted by atomic mass is 16.2. The molecule has 29 heavy (non-hydrogen) atoms.